The zero-order valence-corrected chi connectivity index (χ0v) is 29.0. The van der Waals surface area contributed by atoms with Crippen molar-refractivity contribution in [1.82, 2.24) is 4.90 Å². The molecular formula is C36H39ClFN3O6Si. The molecule has 0 aromatic heterocycles. The van der Waals surface area contributed by atoms with Crippen LogP contribution in [0.15, 0.2) is 66.7 Å². The maximum Gasteiger partial charge on any atom is 0.414 e. The van der Waals surface area contributed by atoms with Gasteiger partial charge in [0.2, 0.25) is 14.3 Å². The van der Waals surface area contributed by atoms with E-state index in [4.69, 9.17) is 21.1 Å². The monoisotopic (exact) mass is 691 g/mol. The number of hydrogen-bond donors (Lipinski definition) is 1. The van der Waals surface area contributed by atoms with Crippen LogP contribution >= 0.6 is 11.6 Å². The molecule has 9 nitrogen and oxygen atoms in total. The number of fused-ring (bicyclic) bond motifs is 3. The molecule has 5 atom stereocenters. The Morgan fingerprint density at radius 2 is 1.85 bits per heavy atom. The van der Waals surface area contributed by atoms with E-state index in [-0.39, 0.29) is 31.4 Å². The number of cyclic esters (lactones) is 1. The zero-order valence-electron chi connectivity index (χ0n) is 27.2. The van der Waals surface area contributed by atoms with Gasteiger partial charge in [-0.05, 0) is 66.5 Å². The number of rotatable bonds is 7. The number of ether oxygens (including phenoxy) is 2. The molecule has 3 aromatic carbocycles. The Balaban J connectivity index is 1.22. The Morgan fingerprint density at radius 3 is 2.56 bits per heavy atom. The van der Waals surface area contributed by atoms with E-state index in [1.165, 1.54) is 0 Å². The lowest BCUT2D eigenvalue weighted by Crippen LogP contribution is -2.48. The van der Waals surface area contributed by atoms with Gasteiger partial charge in [-0.3, -0.25) is 14.5 Å². The van der Waals surface area contributed by atoms with Gasteiger partial charge in [-0.15, -0.1) is 0 Å². The topological polar surface area (TPSA) is 99.6 Å². The number of carbonyl (C=O) groups is 3. The van der Waals surface area contributed by atoms with E-state index >= 15 is 4.11 Å². The molecule has 2 saturated heterocycles. The minimum absolute atomic E-state index is 0.118. The maximum absolute atomic E-state index is 16.4. The average Bonchev–Trinajstić information content (AvgIpc) is 3.69. The lowest BCUT2D eigenvalue weighted by molar-refractivity contribution is -0.151. The zero-order chi connectivity index (χ0) is 34.0. The highest BCUT2D eigenvalue weighted by molar-refractivity contribution is 6.72. The molecule has 1 N–H and O–H groups in total. The third kappa shape index (κ3) is 5.41. The number of halogens is 2. The Hall–Kier alpha value is -3.77. The Bertz CT molecular complexity index is 1790. The number of hydrogen-bond acceptors (Lipinski definition) is 6. The SMILES string of the molecule is C[C@H]1[C@H]([Si](C)(C)F)[C@@H](CC(=O)N2Cc3ccccc3C[C@H]2CO)O[C@]12C(=O)N(Cc1cccc(N3CCOC3=O)c1)c1ccc(Cl)cc12. The average molecular weight is 692 g/mol. The summed E-state index contributed by atoms with van der Waals surface area (Å²) in [5.74, 6) is -1.18. The number of aliphatic hydroxyl groups excluding tert-OH is 1. The highest BCUT2D eigenvalue weighted by atomic mass is 35.5. The Kier molecular flexibility index (Phi) is 8.38. The molecule has 0 radical (unpaired) electrons. The van der Waals surface area contributed by atoms with Crippen molar-refractivity contribution in [2.75, 3.05) is 29.6 Å². The molecule has 0 bridgehead atoms. The summed E-state index contributed by atoms with van der Waals surface area (Å²) in [7, 11) is -3.53. The normalized spacial score (nSPS) is 26.7. The van der Waals surface area contributed by atoms with Crippen LogP contribution in [-0.4, -0.2) is 68.2 Å². The smallest absolute Gasteiger partial charge is 0.414 e. The summed E-state index contributed by atoms with van der Waals surface area (Å²) in [6.45, 7) is 6.13. The molecule has 252 valence electrons. The van der Waals surface area contributed by atoms with Crippen LogP contribution in [0.4, 0.5) is 20.3 Å². The van der Waals surface area contributed by atoms with E-state index in [0.29, 0.717) is 48.1 Å². The van der Waals surface area contributed by atoms with Crippen molar-refractivity contribution >= 4 is 49.3 Å². The number of amides is 3. The molecule has 3 aromatic rings. The van der Waals surface area contributed by atoms with Crippen LogP contribution in [-0.2, 0) is 44.2 Å². The molecule has 1 spiro atoms. The number of carbonyl (C=O) groups excluding carboxylic acids is 3. The molecule has 0 unspecified atom stereocenters. The van der Waals surface area contributed by atoms with Crippen molar-refractivity contribution in [1.29, 1.82) is 0 Å². The first-order valence-corrected chi connectivity index (χ1v) is 19.7. The van der Waals surface area contributed by atoms with Crippen LogP contribution in [0.5, 0.6) is 0 Å². The highest BCUT2D eigenvalue weighted by Crippen LogP contribution is 2.60. The van der Waals surface area contributed by atoms with E-state index in [0.717, 1.165) is 16.7 Å². The second kappa shape index (κ2) is 12.3. The number of anilines is 2. The van der Waals surface area contributed by atoms with Gasteiger partial charge in [-0.1, -0.05) is 54.9 Å². The molecular weight excluding hydrogens is 653 g/mol. The minimum atomic E-state index is -3.53. The van der Waals surface area contributed by atoms with Crippen molar-refractivity contribution in [2.24, 2.45) is 5.92 Å². The number of benzene rings is 3. The lowest BCUT2D eigenvalue weighted by atomic mass is 9.82. The van der Waals surface area contributed by atoms with E-state index in [9.17, 15) is 19.5 Å². The van der Waals surface area contributed by atoms with Crippen LogP contribution in [0, 0.1) is 5.92 Å². The third-order valence-electron chi connectivity index (χ3n) is 10.5. The molecule has 4 heterocycles. The van der Waals surface area contributed by atoms with E-state index in [1.807, 2.05) is 55.5 Å². The fraction of sp³-hybridized carbons (Fsp3) is 0.417. The molecule has 7 rings (SSSR count). The summed E-state index contributed by atoms with van der Waals surface area (Å²) in [6, 6.07) is 20.1. The van der Waals surface area contributed by atoms with Gasteiger partial charge in [0.15, 0.2) is 5.60 Å². The van der Waals surface area contributed by atoms with Crippen molar-refractivity contribution < 1.29 is 33.1 Å². The van der Waals surface area contributed by atoms with Crippen LogP contribution < -0.4 is 9.80 Å². The predicted octanol–water partition coefficient (Wildman–Crippen LogP) is 5.95. The van der Waals surface area contributed by atoms with Crippen LogP contribution in [0.25, 0.3) is 0 Å². The number of aliphatic hydroxyl groups is 1. The largest absolute Gasteiger partial charge is 0.447 e. The van der Waals surface area contributed by atoms with E-state index in [1.54, 1.807) is 46.0 Å². The maximum atomic E-state index is 16.4. The van der Waals surface area contributed by atoms with Crippen LogP contribution in [0.3, 0.4) is 0 Å². The fourth-order valence-corrected chi connectivity index (χ4v) is 11.0. The van der Waals surface area contributed by atoms with Gasteiger partial charge in [0.1, 0.15) is 6.61 Å². The van der Waals surface area contributed by atoms with Crippen molar-refractivity contribution in [3.63, 3.8) is 0 Å². The van der Waals surface area contributed by atoms with Gasteiger partial charge in [0, 0.05) is 34.3 Å². The van der Waals surface area contributed by atoms with E-state index in [2.05, 4.69) is 0 Å². The van der Waals surface area contributed by atoms with E-state index < -0.39 is 43.7 Å². The first-order chi connectivity index (χ1) is 22.9. The van der Waals surface area contributed by atoms with Crippen LogP contribution in [0.2, 0.25) is 23.7 Å². The standard InChI is InChI=1S/C36H39ClFN3O6Si/c1-22-33(48(2,3)38)31(18-32(43)40-20-25-9-5-4-8-24(25)16-28(40)21-42)47-36(22)29-17-26(37)11-12-30(29)41(34(36)44)19-23-7-6-10-27(15-23)39-13-14-46-35(39)45/h4-12,15,17,22,28,31,33,42H,13-14,16,18-21H2,1-3H3/t22-,28-,31+,33-,36+/m0/s1. The molecule has 3 amide bonds. The van der Waals surface area contributed by atoms with Gasteiger partial charge in [0.05, 0.1) is 44.0 Å². The molecule has 0 aliphatic carbocycles. The first-order valence-electron chi connectivity index (χ1n) is 16.4. The van der Waals surface area contributed by atoms with Gasteiger partial charge in [0.25, 0.3) is 5.91 Å². The Labute approximate surface area is 285 Å². The molecule has 4 aliphatic rings. The first kappa shape index (κ1) is 32.8. The van der Waals surface area contributed by atoms with Gasteiger partial charge in [-0.25, -0.2) is 4.79 Å². The summed E-state index contributed by atoms with van der Waals surface area (Å²) in [5, 5.41) is 10.6. The van der Waals surface area contributed by atoms with Gasteiger partial charge >= 0.3 is 6.09 Å². The summed E-state index contributed by atoms with van der Waals surface area (Å²) in [5.41, 5.74) is 2.51. The predicted molar refractivity (Wildman–Crippen MR) is 182 cm³/mol. The third-order valence-corrected chi connectivity index (χ3v) is 13.2. The fourth-order valence-electron chi connectivity index (χ4n) is 8.34. The highest BCUT2D eigenvalue weighted by Gasteiger charge is 2.67. The van der Waals surface area contributed by atoms with Crippen molar-refractivity contribution in [2.45, 2.75) is 69.2 Å². The molecule has 4 aliphatic heterocycles. The summed E-state index contributed by atoms with van der Waals surface area (Å²) in [6.07, 6.45) is -0.875. The van der Waals surface area contributed by atoms with Gasteiger partial charge < -0.3 is 28.5 Å². The quantitative estimate of drug-likeness (QED) is 0.243. The summed E-state index contributed by atoms with van der Waals surface area (Å²) < 4.78 is 28.3. The number of nitrogens with zero attached hydrogens (tertiary/aromatic N) is 3. The summed E-state index contributed by atoms with van der Waals surface area (Å²) in [4.78, 5) is 45.9. The lowest BCUT2D eigenvalue weighted by Gasteiger charge is -2.37. The minimum Gasteiger partial charge on any atom is -0.447 e. The molecule has 12 heteroatoms. The second-order valence-electron chi connectivity index (χ2n) is 13.8. The molecule has 48 heavy (non-hydrogen) atoms. The van der Waals surface area contributed by atoms with Crippen molar-refractivity contribution in [3.05, 3.63) is 94.0 Å². The van der Waals surface area contributed by atoms with Gasteiger partial charge in [-0.2, -0.15) is 0 Å². The van der Waals surface area contributed by atoms with Crippen molar-refractivity contribution in [3.8, 4) is 0 Å². The van der Waals surface area contributed by atoms with Crippen LogP contribution in [0.1, 0.15) is 35.6 Å². The second-order valence-corrected chi connectivity index (χ2v) is 18.0. The summed E-state index contributed by atoms with van der Waals surface area (Å²) >= 11 is 6.53. The molecule has 2 fully saturated rings. The molecule has 0 saturated carbocycles. The Morgan fingerprint density at radius 1 is 1.08 bits per heavy atom.